The van der Waals surface area contributed by atoms with Gasteiger partial charge in [0.15, 0.2) is 11.5 Å². The number of aromatic nitrogens is 2. The van der Waals surface area contributed by atoms with E-state index in [1.54, 1.807) is 39.7 Å². The molecule has 3 aromatic rings. The third-order valence-corrected chi connectivity index (χ3v) is 4.42. The minimum Gasteiger partial charge on any atom is -0.493 e. The zero-order valence-corrected chi connectivity index (χ0v) is 17.3. The summed E-state index contributed by atoms with van der Waals surface area (Å²) in [7, 11) is 4.70. The standard InChI is InChI=1S/C22H26N4O4/c1-28-19-13-17(14-20(29-2)21(19)30-3)25-22-24-11-9-18(26-22)15-5-7-16(8-6-15)23-10-4-12-27/h5-9,11,13-14,23,27H,4,10,12H2,1-3H3,(H,24,25,26). The number of rotatable bonds is 10. The Kier molecular flexibility index (Phi) is 7.29. The van der Waals surface area contributed by atoms with Gasteiger partial charge < -0.3 is 30.0 Å². The van der Waals surface area contributed by atoms with Crippen LogP contribution in [0.4, 0.5) is 17.3 Å². The average Bonchev–Trinajstić information content (AvgIpc) is 2.79. The Balaban J connectivity index is 1.79. The minimum atomic E-state index is 0.174. The summed E-state index contributed by atoms with van der Waals surface area (Å²) in [5, 5.41) is 15.3. The fraction of sp³-hybridized carbons (Fsp3) is 0.273. The quantitative estimate of drug-likeness (QED) is 0.435. The molecule has 8 nitrogen and oxygen atoms in total. The molecule has 0 unspecified atom stereocenters. The van der Waals surface area contributed by atoms with E-state index in [0.29, 0.717) is 35.3 Å². The fourth-order valence-electron chi connectivity index (χ4n) is 2.93. The highest BCUT2D eigenvalue weighted by Gasteiger charge is 2.14. The van der Waals surface area contributed by atoms with Crippen molar-refractivity contribution >= 4 is 17.3 Å². The zero-order valence-electron chi connectivity index (χ0n) is 17.3. The molecule has 0 fully saturated rings. The van der Waals surface area contributed by atoms with Crippen LogP contribution in [0.25, 0.3) is 11.3 Å². The highest BCUT2D eigenvalue weighted by molar-refractivity contribution is 5.67. The first-order valence-electron chi connectivity index (χ1n) is 9.53. The Morgan fingerprint density at radius 3 is 2.20 bits per heavy atom. The van der Waals surface area contributed by atoms with Crippen LogP contribution in [0, 0.1) is 0 Å². The van der Waals surface area contributed by atoms with Crippen molar-refractivity contribution in [2.24, 2.45) is 0 Å². The lowest BCUT2D eigenvalue weighted by atomic mass is 10.1. The highest BCUT2D eigenvalue weighted by Crippen LogP contribution is 2.40. The van der Waals surface area contributed by atoms with Gasteiger partial charge in [-0.3, -0.25) is 0 Å². The van der Waals surface area contributed by atoms with Gasteiger partial charge in [0.25, 0.3) is 0 Å². The number of nitrogens with one attached hydrogen (secondary N) is 2. The van der Waals surface area contributed by atoms with Crippen LogP contribution in [0.15, 0.2) is 48.7 Å². The molecule has 158 valence electrons. The monoisotopic (exact) mass is 410 g/mol. The summed E-state index contributed by atoms with van der Waals surface area (Å²) in [5.41, 5.74) is 3.47. The zero-order chi connectivity index (χ0) is 21.3. The van der Waals surface area contributed by atoms with Crippen LogP contribution in [-0.2, 0) is 0 Å². The number of ether oxygens (including phenoxy) is 3. The first kappa shape index (κ1) is 21.2. The Morgan fingerprint density at radius 2 is 1.60 bits per heavy atom. The molecule has 3 rings (SSSR count). The maximum absolute atomic E-state index is 8.87. The third-order valence-electron chi connectivity index (χ3n) is 4.42. The number of aliphatic hydroxyl groups is 1. The lowest BCUT2D eigenvalue weighted by molar-refractivity contribution is 0.292. The lowest BCUT2D eigenvalue weighted by Crippen LogP contribution is -2.03. The second-order valence-electron chi connectivity index (χ2n) is 6.39. The van der Waals surface area contributed by atoms with E-state index in [4.69, 9.17) is 19.3 Å². The van der Waals surface area contributed by atoms with Crippen molar-refractivity contribution in [3.63, 3.8) is 0 Å². The molecule has 0 amide bonds. The number of hydrogen-bond acceptors (Lipinski definition) is 8. The van der Waals surface area contributed by atoms with E-state index < -0.39 is 0 Å². The van der Waals surface area contributed by atoms with Gasteiger partial charge in [-0.15, -0.1) is 0 Å². The van der Waals surface area contributed by atoms with Crippen LogP contribution in [-0.4, -0.2) is 49.6 Å². The normalized spacial score (nSPS) is 10.4. The van der Waals surface area contributed by atoms with Gasteiger partial charge in [0.2, 0.25) is 11.7 Å². The summed E-state index contributed by atoms with van der Waals surface area (Å²) >= 11 is 0. The molecule has 0 atom stereocenters. The minimum absolute atomic E-state index is 0.174. The largest absolute Gasteiger partial charge is 0.493 e. The molecule has 0 saturated carbocycles. The van der Waals surface area contributed by atoms with Gasteiger partial charge in [-0.2, -0.15) is 0 Å². The molecule has 0 aliphatic rings. The Hall–Kier alpha value is -3.52. The van der Waals surface area contributed by atoms with Gasteiger partial charge in [0, 0.05) is 48.4 Å². The van der Waals surface area contributed by atoms with Crippen LogP contribution in [0.5, 0.6) is 17.2 Å². The summed E-state index contributed by atoms with van der Waals surface area (Å²) in [5.74, 6) is 2.06. The molecule has 1 heterocycles. The first-order chi connectivity index (χ1) is 14.7. The van der Waals surface area contributed by atoms with Crippen molar-refractivity contribution in [1.29, 1.82) is 0 Å². The van der Waals surface area contributed by atoms with Crippen LogP contribution in [0.3, 0.4) is 0 Å². The van der Waals surface area contributed by atoms with Crippen molar-refractivity contribution in [2.45, 2.75) is 6.42 Å². The van der Waals surface area contributed by atoms with E-state index in [-0.39, 0.29) is 6.61 Å². The molecular weight excluding hydrogens is 384 g/mol. The maximum Gasteiger partial charge on any atom is 0.227 e. The van der Waals surface area contributed by atoms with Gasteiger partial charge >= 0.3 is 0 Å². The predicted octanol–water partition coefficient (Wildman–Crippen LogP) is 3.71. The van der Waals surface area contributed by atoms with Gasteiger partial charge in [-0.1, -0.05) is 12.1 Å². The fourth-order valence-corrected chi connectivity index (χ4v) is 2.93. The molecule has 0 radical (unpaired) electrons. The maximum atomic E-state index is 8.87. The Bertz CT molecular complexity index is 939. The lowest BCUT2D eigenvalue weighted by Gasteiger charge is -2.14. The summed E-state index contributed by atoms with van der Waals surface area (Å²) in [6.07, 6.45) is 2.42. The molecule has 0 saturated heterocycles. The molecule has 0 bridgehead atoms. The van der Waals surface area contributed by atoms with Crippen molar-refractivity contribution in [3.05, 3.63) is 48.7 Å². The smallest absolute Gasteiger partial charge is 0.227 e. The Morgan fingerprint density at radius 1 is 0.900 bits per heavy atom. The van der Waals surface area contributed by atoms with Crippen LogP contribution in [0.2, 0.25) is 0 Å². The molecule has 0 spiro atoms. The van der Waals surface area contributed by atoms with E-state index in [1.165, 1.54) is 0 Å². The van der Waals surface area contributed by atoms with Gasteiger partial charge in [0.05, 0.1) is 27.0 Å². The van der Waals surface area contributed by atoms with E-state index in [2.05, 4.69) is 20.6 Å². The molecule has 3 N–H and O–H groups in total. The van der Waals surface area contributed by atoms with E-state index >= 15 is 0 Å². The molecule has 30 heavy (non-hydrogen) atoms. The van der Waals surface area contributed by atoms with E-state index in [1.807, 2.05) is 30.3 Å². The summed E-state index contributed by atoms with van der Waals surface area (Å²) in [4.78, 5) is 8.92. The van der Waals surface area contributed by atoms with Gasteiger partial charge in [-0.25, -0.2) is 9.97 Å². The van der Waals surface area contributed by atoms with Crippen molar-refractivity contribution in [2.75, 3.05) is 45.1 Å². The molecular formula is C22H26N4O4. The summed E-state index contributed by atoms with van der Waals surface area (Å²) in [6.45, 7) is 0.903. The number of nitrogens with zero attached hydrogens (tertiary/aromatic N) is 2. The molecule has 2 aromatic carbocycles. The topological polar surface area (TPSA) is 97.8 Å². The molecule has 1 aromatic heterocycles. The van der Waals surface area contributed by atoms with Crippen LogP contribution in [0.1, 0.15) is 6.42 Å². The predicted molar refractivity (Wildman–Crippen MR) is 117 cm³/mol. The third kappa shape index (κ3) is 5.09. The first-order valence-corrected chi connectivity index (χ1v) is 9.53. The number of anilines is 3. The Labute approximate surface area is 175 Å². The SMILES string of the molecule is COc1cc(Nc2nccc(-c3ccc(NCCCO)cc3)n2)cc(OC)c1OC. The second-order valence-corrected chi connectivity index (χ2v) is 6.39. The van der Waals surface area contributed by atoms with Gasteiger partial charge in [-0.05, 0) is 24.6 Å². The number of aliphatic hydroxyl groups excluding tert-OH is 1. The van der Waals surface area contributed by atoms with Crippen molar-refractivity contribution < 1.29 is 19.3 Å². The van der Waals surface area contributed by atoms with E-state index in [0.717, 1.165) is 23.5 Å². The second kappa shape index (κ2) is 10.3. The van der Waals surface area contributed by atoms with Crippen LogP contribution < -0.4 is 24.8 Å². The van der Waals surface area contributed by atoms with Gasteiger partial charge in [0.1, 0.15) is 0 Å². The van der Waals surface area contributed by atoms with E-state index in [9.17, 15) is 0 Å². The molecule has 0 aliphatic heterocycles. The average molecular weight is 410 g/mol. The summed E-state index contributed by atoms with van der Waals surface area (Å²) < 4.78 is 16.1. The molecule has 0 aliphatic carbocycles. The highest BCUT2D eigenvalue weighted by atomic mass is 16.5. The van der Waals surface area contributed by atoms with Crippen molar-refractivity contribution in [3.8, 4) is 28.5 Å². The number of methoxy groups -OCH3 is 3. The number of benzene rings is 2. The van der Waals surface area contributed by atoms with Crippen molar-refractivity contribution in [1.82, 2.24) is 9.97 Å². The van der Waals surface area contributed by atoms with Crippen LogP contribution >= 0.6 is 0 Å². The summed E-state index contributed by atoms with van der Waals surface area (Å²) in [6, 6.07) is 13.4. The number of hydrogen-bond donors (Lipinski definition) is 3. The molecule has 8 heteroatoms.